The van der Waals surface area contributed by atoms with E-state index >= 15 is 0 Å². The van der Waals surface area contributed by atoms with Crippen LogP contribution in [0.2, 0.25) is 15.1 Å². The number of carbonyl (C=O) groups excluding carboxylic acids is 1. The summed E-state index contributed by atoms with van der Waals surface area (Å²) in [5.74, 6) is 0.407. The van der Waals surface area contributed by atoms with E-state index < -0.39 is 0 Å². The fourth-order valence-electron chi connectivity index (χ4n) is 3.63. The van der Waals surface area contributed by atoms with Crippen LogP contribution in [0.4, 0.5) is 11.4 Å². The maximum atomic E-state index is 13.7. The summed E-state index contributed by atoms with van der Waals surface area (Å²) in [7, 11) is 0. The van der Waals surface area contributed by atoms with Gasteiger partial charge in [0, 0.05) is 20.6 Å². The van der Waals surface area contributed by atoms with E-state index in [4.69, 9.17) is 44.5 Å². The number of amides is 1. The van der Waals surface area contributed by atoms with Gasteiger partial charge in [0.05, 0.1) is 16.3 Å². The van der Waals surface area contributed by atoms with Gasteiger partial charge in [-0.2, -0.15) is 0 Å². The van der Waals surface area contributed by atoms with E-state index in [1.165, 1.54) is 11.8 Å². The molecular weight excluding hydrogens is 547 g/mol. The minimum atomic E-state index is -0.214. The number of halogens is 3. The number of thioether (sulfide) groups is 1. The Bertz CT molecular complexity index is 1490. The summed E-state index contributed by atoms with van der Waals surface area (Å²) in [6.07, 6.45) is 1.78. The Balaban J connectivity index is 1.51. The van der Waals surface area contributed by atoms with E-state index in [9.17, 15) is 4.79 Å². The van der Waals surface area contributed by atoms with Crippen LogP contribution in [0, 0.1) is 0 Å². The minimum Gasteiger partial charge on any atom is -0.488 e. The van der Waals surface area contributed by atoms with Crippen molar-refractivity contribution in [1.82, 2.24) is 0 Å². The summed E-state index contributed by atoms with van der Waals surface area (Å²) in [5, 5.41) is 2.24. The fourth-order valence-corrected chi connectivity index (χ4v) is 5.06. The van der Waals surface area contributed by atoms with Crippen molar-refractivity contribution in [2.45, 2.75) is 6.61 Å². The molecular formula is C29H19Cl3N2O2S. The smallest absolute Gasteiger partial charge is 0.271 e. The number of nitrogens with zero attached hydrogens (tertiary/aromatic N) is 2. The van der Waals surface area contributed by atoms with Gasteiger partial charge in [-0.15, -0.1) is 0 Å². The molecule has 1 aliphatic heterocycles. The Labute approximate surface area is 234 Å². The average molecular weight is 566 g/mol. The van der Waals surface area contributed by atoms with Gasteiger partial charge in [-0.05, 0) is 90.1 Å². The third-order valence-corrected chi connectivity index (χ3v) is 7.15. The Hall–Kier alpha value is -3.22. The zero-order valence-corrected chi connectivity index (χ0v) is 22.4. The Morgan fingerprint density at radius 3 is 2.16 bits per heavy atom. The Morgan fingerprint density at radius 1 is 0.811 bits per heavy atom. The highest BCUT2D eigenvalue weighted by atomic mass is 35.5. The molecule has 8 heteroatoms. The molecule has 0 aliphatic carbocycles. The van der Waals surface area contributed by atoms with Crippen LogP contribution >= 0.6 is 46.6 Å². The molecule has 37 heavy (non-hydrogen) atoms. The van der Waals surface area contributed by atoms with Crippen molar-refractivity contribution in [3.05, 3.63) is 128 Å². The van der Waals surface area contributed by atoms with Gasteiger partial charge in [-0.1, -0.05) is 65.1 Å². The third-order valence-electron chi connectivity index (χ3n) is 5.44. The maximum Gasteiger partial charge on any atom is 0.271 e. The lowest BCUT2D eigenvalue weighted by molar-refractivity contribution is -0.113. The summed E-state index contributed by atoms with van der Waals surface area (Å²) < 4.78 is 6.09. The van der Waals surface area contributed by atoms with Crippen molar-refractivity contribution >= 4 is 75.1 Å². The second-order valence-corrected chi connectivity index (χ2v) is 10.4. The first-order valence-corrected chi connectivity index (χ1v) is 13.2. The lowest BCUT2D eigenvalue weighted by Gasteiger charge is -2.15. The number of benzene rings is 4. The van der Waals surface area contributed by atoms with E-state index in [0.717, 1.165) is 5.56 Å². The number of aliphatic imine (C=N–C) groups is 1. The highest BCUT2D eigenvalue weighted by Gasteiger charge is 2.35. The quantitative estimate of drug-likeness (QED) is 0.219. The van der Waals surface area contributed by atoms with Gasteiger partial charge in [-0.3, -0.25) is 9.69 Å². The molecule has 184 valence electrons. The molecule has 4 aromatic rings. The van der Waals surface area contributed by atoms with Crippen molar-refractivity contribution in [2.24, 2.45) is 4.99 Å². The zero-order valence-electron chi connectivity index (χ0n) is 19.3. The van der Waals surface area contributed by atoms with Crippen molar-refractivity contribution in [1.29, 1.82) is 0 Å². The lowest BCUT2D eigenvalue weighted by atomic mass is 10.1. The topological polar surface area (TPSA) is 41.9 Å². The van der Waals surface area contributed by atoms with Crippen LogP contribution in [0.25, 0.3) is 6.08 Å². The maximum absolute atomic E-state index is 13.7. The molecule has 1 aliphatic rings. The van der Waals surface area contributed by atoms with E-state index in [2.05, 4.69) is 0 Å². The minimum absolute atomic E-state index is 0.214. The molecule has 0 bridgehead atoms. The number of amidine groups is 1. The molecule has 0 saturated carbocycles. The van der Waals surface area contributed by atoms with Crippen LogP contribution in [0.1, 0.15) is 11.1 Å². The molecule has 5 rings (SSSR count). The normalized spacial score (nSPS) is 15.5. The molecule has 0 spiro atoms. The number of carbonyl (C=O) groups is 1. The summed E-state index contributed by atoms with van der Waals surface area (Å²) in [4.78, 5) is 20.4. The third kappa shape index (κ3) is 6.20. The van der Waals surface area contributed by atoms with Crippen LogP contribution in [-0.4, -0.2) is 11.1 Å². The number of ether oxygens (including phenoxy) is 1. The number of hydrogen-bond donors (Lipinski definition) is 0. The predicted octanol–water partition coefficient (Wildman–Crippen LogP) is 9.03. The Morgan fingerprint density at radius 2 is 1.46 bits per heavy atom. The van der Waals surface area contributed by atoms with Crippen LogP contribution in [0.3, 0.4) is 0 Å². The van der Waals surface area contributed by atoms with Crippen molar-refractivity contribution in [3.8, 4) is 5.75 Å². The lowest BCUT2D eigenvalue weighted by Crippen LogP contribution is -2.28. The molecule has 0 radical (unpaired) electrons. The van der Waals surface area contributed by atoms with Gasteiger partial charge in [-0.25, -0.2) is 4.99 Å². The molecule has 1 saturated heterocycles. The second kappa shape index (κ2) is 11.4. The predicted molar refractivity (Wildman–Crippen MR) is 155 cm³/mol. The fraction of sp³-hybridized carbons (Fsp3) is 0.0345. The highest BCUT2D eigenvalue weighted by Crippen LogP contribution is 2.39. The molecule has 1 fully saturated rings. The van der Waals surface area contributed by atoms with E-state index in [-0.39, 0.29) is 5.91 Å². The van der Waals surface area contributed by atoms with E-state index in [1.807, 2.05) is 30.3 Å². The van der Waals surface area contributed by atoms with Crippen molar-refractivity contribution in [3.63, 3.8) is 0 Å². The van der Waals surface area contributed by atoms with Crippen LogP contribution in [0.5, 0.6) is 5.75 Å². The molecule has 0 atom stereocenters. The van der Waals surface area contributed by atoms with E-state index in [1.54, 1.807) is 77.7 Å². The summed E-state index contributed by atoms with van der Waals surface area (Å²) in [5.41, 5.74) is 3.07. The molecule has 0 N–H and O–H groups in total. The van der Waals surface area contributed by atoms with Gasteiger partial charge in [0.1, 0.15) is 12.4 Å². The molecule has 0 aromatic heterocycles. The standard InChI is InChI=1S/C29H19Cl3N2O2S/c30-21-6-11-24(12-7-21)33-29-34(25-13-8-22(31)9-14-25)28(35)27(37-29)17-20-16-23(32)10-15-26(20)36-18-19-4-2-1-3-5-19/h1-17H,18H2/b27-17-,33-29?. The molecule has 4 aromatic carbocycles. The van der Waals surface area contributed by atoms with Crippen LogP contribution in [0.15, 0.2) is 107 Å². The number of hydrogen-bond acceptors (Lipinski definition) is 4. The van der Waals surface area contributed by atoms with Crippen molar-refractivity contribution < 1.29 is 9.53 Å². The van der Waals surface area contributed by atoms with Gasteiger partial charge in [0.15, 0.2) is 5.17 Å². The van der Waals surface area contributed by atoms with Gasteiger partial charge in [0.25, 0.3) is 5.91 Å². The second-order valence-electron chi connectivity index (χ2n) is 8.05. The van der Waals surface area contributed by atoms with Gasteiger partial charge < -0.3 is 4.74 Å². The van der Waals surface area contributed by atoms with Crippen molar-refractivity contribution in [2.75, 3.05) is 4.90 Å². The molecule has 4 nitrogen and oxygen atoms in total. The van der Waals surface area contributed by atoms with Crippen LogP contribution < -0.4 is 9.64 Å². The van der Waals surface area contributed by atoms with E-state index in [0.29, 0.717) is 54.4 Å². The monoisotopic (exact) mass is 564 g/mol. The summed E-state index contributed by atoms with van der Waals surface area (Å²) in [6.45, 7) is 0.389. The average Bonchev–Trinajstić information content (AvgIpc) is 3.20. The SMILES string of the molecule is O=C1/C(=C/c2cc(Cl)ccc2OCc2ccccc2)SC(=Nc2ccc(Cl)cc2)N1c1ccc(Cl)cc1. The zero-order chi connectivity index (χ0) is 25.8. The highest BCUT2D eigenvalue weighted by molar-refractivity contribution is 8.19. The first-order chi connectivity index (χ1) is 18.0. The summed E-state index contributed by atoms with van der Waals surface area (Å²) in [6, 6.07) is 29.4. The number of rotatable bonds is 6. The Kier molecular flexibility index (Phi) is 7.87. The number of anilines is 1. The molecule has 0 unspecified atom stereocenters. The molecule has 1 heterocycles. The molecule has 1 amide bonds. The first kappa shape index (κ1) is 25.4. The summed E-state index contributed by atoms with van der Waals surface area (Å²) >= 11 is 19.7. The van der Waals surface area contributed by atoms with Gasteiger partial charge in [0.2, 0.25) is 0 Å². The first-order valence-electron chi connectivity index (χ1n) is 11.3. The van der Waals surface area contributed by atoms with Crippen LogP contribution in [-0.2, 0) is 11.4 Å². The largest absolute Gasteiger partial charge is 0.488 e. The van der Waals surface area contributed by atoms with Gasteiger partial charge >= 0.3 is 0 Å².